The fourth-order valence-electron chi connectivity index (χ4n) is 1.22. The number of H-pyrrole nitrogens is 1. The number of hydrogen-bond acceptors (Lipinski definition) is 3. The molecule has 0 aliphatic heterocycles. The summed E-state index contributed by atoms with van der Waals surface area (Å²) >= 11 is 0. The lowest BCUT2D eigenvalue weighted by Crippen LogP contribution is -2.20. The minimum atomic E-state index is -0.406. The Morgan fingerprint density at radius 3 is 3.06 bits per heavy atom. The minimum absolute atomic E-state index is 0.192. The van der Waals surface area contributed by atoms with Crippen LogP contribution in [-0.4, -0.2) is 22.7 Å². The van der Waals surface area contributed by atoms with Crippen LogP contribution in [0.1, 0.15) is 0 Å². The summed E-state index contributed by atoms with van der Waals surface area (Å²) in [6.07, 6.45) is 1.52. The fraction of sp³-hybridized carbons (Fsp3) is 0.0909. The molecule has 17 heavy (non-hydrogen) atoms. The van der Waals surface area contributed by atoms with Crippen LogP contribution < -0.4 is 10.1 Å². The first-order chi connectivity index (χ1) is 8.24. The Morgan fingerprint density at radius 2 is 2.35 bits per heavy atom. The van der Waals surface area contributed by atoms with E-state index < -0.39 is 5.82 Å². The Kier molecular flexibility index (Phi) is 3.34. The van der Waals surface area contributed by atoms with Gasteiger partial charge in [-0.3, -0.25) is 9.89 Å². The van der Waals surface area contributed by atoms with Gasteiger partial charge in [-0.25, -0.2) is 4.39 Å². The average molecular weight is 235 g/mol. The number of halogens is 1. The molecular formula is C11H10FN3O2. The van der Waals surface area contributed by atoms with Crippen molar-refractivity contribution in [2.45, 2.75) is 0 Å². The molecule has 0 unspecified atom stereocenters. The number of anilines is 1. The summed E-state index contributed by atoms with van der Waals surface area (Å²) in [6, 6.07) is 7.21. The molecule has 0 fully saturated rings. The van der Waals surface area contributed by atoms with Gasteiger partial charge in [0.25, 0.3) is 5.91 Å². The summed E-state index contributed by atoms with van der Waals surface area (Å²) in [5.41, 5.74) is 0. The molecule has 0 atom stereocenters. The molecule has 0 aliphatic rings. The average Bonchev–Trinajstić information content (AvgIpc) is 2.79. The van der Waals surface area contributed by atoms with Crippen LogP contribution >= 0.6 is 0 Å². The molecule has 0 aliphatic carbocycles. The van der Waals surface area contributed by atoms with Crippen molar-refractivity contribution in [3.8, 4) is 5.75 Å². The van der Waals surface area contributed by atoms with Crippen LogP contribution in [0.4, 0.5) is 10.2 Å². The molecule has 88 valence electrons. The van der Waals surface area contributed by atoms with Gasteiger partial charge in [0.15, 0.2) is 6.61 Å². The number of aromatic nitrogens is 2. The van der Waals surface area contributed by atoms with Crippen molar-refractivity contribution in [3.63, 3.8) is 0 Å². The molecule has 2 aromatic rings. The van der Waals surface area contributed by atoms with Crippen LogP contribution in [0.25, 0.3) is 0 Å². The third-order valence-corrected chi connectivity index (χ3v) is 1.94. The molecule has 0 saturated carbocycles. The Bertz CT molecular complexity index is 499. The number of rotatable bonds is 4. The summed E-state index contributed by atoms with van der Waals surface area (Å²) in [7, 11) is 0. The van der Waals surface area contributed by atoms with Gasteiger partial charge in [0.1, 0.15) is 17.4 Å². The lowest BCUT2D eigenvalue weighted by atomic mass is 10.3. The Hall–Kier alpha value is -2.37. The van der Waals surface area contributed by atoms with Gasteiger partial charge in [0.05, 0.1) is 6.20 Å². The molecule has 2 rings (SSSR count). The number of nitrogens with one attached hydrogen (secondary N) is 2. The third kappa shape index (κ3) is 3.30. The molecule has 1 aromatic carbocycles. The van der Waals surface area contributed by atoms with Gasteiger partial charge in [0, 0.05) is 12.1 Å². The summed E-state index contributed by atoms with van der Waals surface area (Å²) < 4.78 is 17.9. The van der Waals surface area contributed by atoms with E-state index in [4.69, 9.17) is 4.74 Å². The van der Waals surface area contributed by atoms with Gasteiger partial charge in [0.2, 0.25) is 0 Å². The molecule has 1 heterocycles. The zero-order valence-corrected chi connectivity index (χ0v) is 8.81. The van der Waals surface area contributed by atoms with Crippen LogP contribution in [0.2, 0.25) is 0 Å². The number of aromatic amines is 1. The topological polar surface area (TPSA) is 67.0 Å². The van der Waals surface area contributed by atoms with E-state index in [0.29, 0.717) is 11.6 Å². The lowest BCUT2D eigenvalue weighted by Gasteiger charge is -2.05. The summed E-state index contributed by atoms with van der Waals surface area (Å²) in [6.45, 7) is -0.192. The van der Waals surface area contributed by atoms with E-state index >= 15 is 0 Å². The number of ether oxygens (including phenoxy) is 1. The van der Waals surface area contributed by atoms with Crippen LogP contribution in [0.15, 0.2) is 36.5 Å². The van der Waals surface area contributed by atoms with Crippen LogP contribution in [-0.2, 0) is 4.79 Å². The van der Waals surface area contributed by atoms with E-state index in [1.807, 2.05) is 0 Å². The van der Waals surface area contributed by atoms with E-state index in [2.05, 4.69) is 15.5 Å². The highest BCUT2D eigenvalue weighted by molar-refractivity contribution is 5.90. The highest BCUT2D eigenvalue weighted by atomic mass is 19.1. The molecule has 1 amide bonds. The Morgan fingerprint density at radius 1 is 1.47 bits per heavy atom. The number of amides is 1. The molecule has 0 spiro atoms. The molecule has 0 saturated heterocycles. The van der Waals surface area contributed by atoms with E-state index in [0.717, 1.165) is 0 Å². The number of nitrogens with zero attached hydrogens (tertiary/aromatic N) is 1. The molecule has 2 N–H and O–H groups in total. The number of benzene rings is 1. The quantitative estimate of drug-likeness (QED) is 0.845. The molecule has 6 heteroatoms. The maximum Gasteiger partial charge on any atom is 0.263 e. The second-order valence-corrected chi connectivity index (χ2v) is 3.26. The van der Waals surface area contributed by atoms with Gasteiger partial charge in [-0.1, -0.05) is 6.07 Å². The smallest absolute Gasteiger partial charge is 0.263 e. The van der Waals surface area contributed by atoms with Gasteiger partial charge in [-0.2, -0.15) is 5.10 Å². The third-order valence-electron chi connectivity index (χ3n) is 1.94. The normalized spacial score (nSPS) is 9.94. The van der Waals surface area contributed by atoms with Crippen LogP contribution in [0.3, 0.4) is 0 Å². The van der Waals surface area contributed by atoms with Crippen LogP contribution in [0, 0.1) is 5.82 Å². The van der Waals surface area contributed by atoms with Crippen molar-refractivity contribution in [3.05, 3.63) is 42.3 Å². The minimum Gasteiger partial charge on any atom is -0.484 e. The second-order valence-electron chi connectivity index (χ2n) is 3.26. The summed E-state index contributed by atoms with van der Waals surface area (Å²) in [5, 5.41) is 8.78. The molecule has 0 bridgehead atoms. The monoisotopic (exact) mass is 235 g/mol. The Labute approximate surface area is 96.6 Å². The maximum atomic E-state index is 12.8. The molecular weight excluding hydrogens is 225 g/mol. The number of hydrogen-bond donors (Lipinski definition) is 2. The largest absolute Gasteiger partial charge is 0.484 e. The van der Waals surface area contributed by atoms with Gasteiger partial charge in [-0.15, -0.1) is 0 Å². The predicted molar refractivity (Wildman–Crippen MR) is 59.1 cm³/mol. The lowest BCUT2D eigenvalue weighted by molar-refractivity contribution is -0.118. The van der Waals surface area contributed by atoms with Crippen molar-refractivity contribution >= 4 is 11.7 Å². The van der Waals surface area contributed by atoms with Gasteiger partial charge in [-0.05, 0) is 12.1 Å². The van der Waals surface area contributed by atoms with Crippen molar-refractivity contribution in [2.75, 3.05) is 11.9 Å². The van der Waals surface area contributed by atoms with Crippen molar-refractivity contribution in [2.24, 2.45) is 0 Å². The van der Waals surface area contributed by atoms with E-state index in [9.17, 15) is 9.18 Å². The highest BCUT2D eigenvalue weighted by Gasteiger charge is 2.04. The first kappa shape index (κ1) is 11.1. The van der Waals surface area contributed by atoms with Crippen molar-refractivity contribution < 1.29 is 13.9 Å². The SMILES string of the molecule is O=C(COc1cccc(F)c1)Nc1ccn[nH]1. The van der Waals surface area contributed by atoms with Gasteiger partial charge < -0.3 is 10.1 Å². The number of carbonyl (C=O) groups excluding carboxylic acids is 1. The van der Waals surface area contributed by atoms with Crippen molar-refractivity contribution in [1.29, 1.82) is 0 Å². The predicted octanol–water partition coefficient (Wildman–Crippen LogP) is 1.57. The standard InChI is InChI=1S/C11H10FN3O2/c12-8-2-1-3-9(6-8)17-7-11(16)14-10-4-5-13-15-10/h1-6H,7H2,(H2,13,14,15,16). The van der Waals surface area contributed by atoms with Crippen LogP contribution in [0.5, 0.6) is 5.75 Å². The zero-order valence-electron chi connectivity index (χ0n) is 8.81. The van der Waals surface area contributed by atoms with Crippen molar-refractivity contribution in [1.82, 2.24) is 10.2 Å². The fourth-order valence-corrected chi connectivity index (χ4v) is 1.22. The first-order valence-electron chi connectivity index (χ1n) is 4.91. The summed E-state index contributed by atoms with van der Waals surface area (Å²) in [4.78, 5) is 11.4. The zero-order chi connectivity index (χ0) is 12.1. The Balaban J connectivity index is 1.84. The molecule has 1 aromatic heterocycles. The number of carbonyl (C=O) groups is 1. The maximum absolute atomic E-state index is 12.8. The van der Waals surface area contributed by atoms with Gasteiger partial charge >= 0.3 is 0 Å². The second kappa shape index (κ2) is 5.11. The highest BCUT2D eigenvalue weighted by Crippen LogP contribution is 2.11. The van der Waals surface area contributed by atoms with E-state index in [1.54, 1.807) is 12.1 Å². The molecule has 0 radical (unpaired) electrons. The molecule has 5 nitrogen and oxygen atoms in total. The van der Waals surface area contributed by atoms with E-state index in [1.165, 1.54) is 24.4 Å². The van der Waals surface area contributed by atoms with E-state index in [-0.39, 0.29) is 12.5 Å². The first-order valence-corrected chi connectivity index (χ1v) is 4.91. The summed E-state index contributed by atoms with van der Waals surface area (Å²) in [5.74, 6) is 0.0394.